The summed E-state index contributed by atoms with van der Waals surface area (Å²) in [6.07, 6.45) is 0. The van der Waals surface area contributed by atoms with E-state index >= 15 is 0 Å². The van der Waals surface area contributed by atoms with Gasteiger partial charge in [-0.25, -0.2) is 4.98 Å². The van der Waals surface area contributed by atoms with E-state index in [2.05, 4.69) is 45.6 Å². The van der Waals surface area contributed by atoms with E-state index in [4.69, 9.17) is 4.98 Å². The topological polar surface area (TPSA) is 36.7 Å². The number of fused-ring (bicyclic) bond motifs is 3. The Morgan fingerprint density at radius 1 is 1.10 bits per heavy atom. The van der Waals surface area contributed by atoms with E-state index in [0.29, 0.717) is 0 Å². The fraction of sp³-hybridized carbons (Fsp3) is 0.333. The molecule has 1 aromatic heterocycles. The zero-order valence-corrected chi connectivity index (χ0v) is 11.7. The molecule has 0 saturated heterocycles. The van der Waals surface area contributed by atoms with E-state index in [0.717, 1.165) is 48.5 Å². The minimum atomic E-state index is 0.872. The molecule has 5 heteroatoms. The summed E-state index contributed by atoms with van der Waals surface area (Å²) in [7, 11) is 4.17. The second-order valence-electron chi connectivity index (χ2n) is 5.34. The van der Waals surface area contributed by atoms with Gasteiger partial charge in [-0.2, -0.15) is 0 Å². The van der Waals surface area contributed by atoms with Gasteiger partial charge in [-0.15, -0.1) is 0 Å². The average Bonchev–Trinajstić information content (AvgIpc) is 3.04. The SMILES string of the molecule is CN1CN2CCN=C2c2c1nc(-c1ccccc1)n2C. The first-order valence-corrected chi connectivity index (χ1v) is 6.89. The highest BCUT2D eigenvalue weighted by atomic mass is 15.4. The van der Waals surface area contributed by atoms with Crippen molar-refractivity contribution >= 4 is 11.7 Å². The molecule has 0 aliphatic carbocycles. The average molecular weight is 267 g/mol. The highest BCUT2D eigenvalue weighted by Crippen LogP contribution is 2.31. The van der Waals surface area contributed by atoms with Crippen LogP contribution in [0.4, 0.5) is 5.82 Å². The maximum absolute atomic E-state index is 4.84. The minimum absolute atomic E-state index is 0.872. The number of imidazole rings is 1. The summed E-state index contributed by atoms with van der Waals surface area (Å²) in [5.74, 6) is 3.12. The molecule has 0 amide bonds. The van der Waals surface area contributed by atoms with Gasteiger partial charge in [-0.1, -0.05) is 30.3 Å². The summed E-state index contributed by atoms with van der Waals surface area (Å²) >= 11 is 0. The highest BCUT2D eigenvalue weighted by molar-refractivity contribution is 6.04. The standard InChI is InChI=1S/C15H17N5/c1-18-10-20-9-8-16-14(20)12-15(18)17-13(19(12)2)11-6-4-3-5-7-11/h3-7H,8-10H2,1-2H3. The lowest BCUT2D eigenvalue weighted by Gasteiger charge is -2.32. The van der Waals surface area contributed by atoms with E-state index in [1.165, 1.54) is 0 Å². The molecule has 0 unspecified atom stereocenters. The second-order valence-corrected chi connectivity index (χ2v) is 5.34. The maximum Gasteiger partial charge on any atom is 0.160 e. The van der Waals surface area contributed by atoms with Gasteiger partial charge in [-0.05, 0) is 0 Å². The van der Waals surface area contributed by atoms with Crippen LogP contribution in [0.15, 0.2) is 35.3 Å². The quantitative estimate of drug-likeness (QED) is 0.786. The van der Waals surface area contributed by atoms with Crippen LogP contribution in [0.1, 0.15) is 5.69 Å². The lowest BCUT2D eigenvalue weighted by molar-refractivity contribution is 0.447. The predicted octanol–water partition coefficient (Wildman–Crippen LogP) is 1.56. The largest absolute Gasteiger partial charge is 0.340 e. The van der Waals surface area contributed by atoms with Crippen LogP contribution in [-0.4, -0.2) is 47.1 Å². The first kappa shape index (κ1) is 11.5. The number of rotatable bonds is 1. The van der Waals surface area contributed by atoms with Crippen molar-refractivity contribution in [3.63, 3.8) is 0 Å². The summed E-state index contributed by atoms with van der Waals surface area (Å²) < 4.78 is 2.16. The molecule has 4 rings (SSSR count). The number of anilines is 1. The molecule has 2 aliphatic heterocycles. The highest BCUT2D eigenvalue weighted by Gasteiger charge is 2.33. The van der Waals surface area contributed by atoms with Crippen molar-refractivity contribution in [2.75, 3.05) is 31.7 Å². The van der Waals surface area contributed by atoms with Gasteiger partial charge in [0, 0.05) is 26.2 Å². The molecule has 20 heavy (non-hydrogen) atoms. The summed E-state index contributed by atoms with van der Waals surface area (Å²) in [5.41, 5.74) is 2.28. The molecule has 2 aliphatic rings. The summed E-state index contributed by atoms with van der Waals surface area (Å²) in [6, 6.07) is 10.3. The first-order chi connectivity index (χ1) is 9.75. The van der Waals surface area contributed by atoms with Gasteiger partial charge in [0.2, 0.25) is 0 Å². The first-order valence-electron chi connectivity index (χ1n) is 6.89. The van der Waals surface area contributed by atoms with Crippen LogP contribution < -0.4 is 4.90 Å². The Bertz CT molecular complexity index is 686. The van der Waals surface area contributed by atoms with Crippen LogP contribution >= 0.6 is 0 Å². The van der Waals surface area contributed by atoms with E-state index in [1.54, 1.807) is 0 Å². The molecular formula is C15H17N5. The third-order valence-corrected chi connectivity index (χ3v) is 4.00. The van der Waals surface area contributed by atoms with E-state index < -0.39 is 0 Å². The van der Waals surface area contributed by atoms with Crippen molar-refractivity contribution in [2.45, 2.75) is 0 Å². The molecular weight excluding hydrogens is 250 g/mol. The monoisotopic (exact) mass is 267 g/mol. The smallest absolute Gasteiger partial charge is 0.160 e. The Hall–Kier alpha value is -2.30. The number of aromatic nitrogens is 2. The lowest BCUT2D eigenvalue weighted by Crippen LogP contribution is -2.44. The number of benzene rings is 1. The van der Waals surface area contributed by atoms with Crippen molar-refractivity contribution in [1.82, 2.24) is 14.5 Å². The number of hydrogen-bond acceptors (Lipinski definition) is 4. The lowest BCUT2D eigenvalue weighted by atomic mass is 10.2. The van der Waals surface area contributed by atoms with E-state index in [9.17, 15) is 0 Å². The summed E-state index contributed by atoms with van der Waals surface area (Å²) in [4.78, 5) is 14.0. The minimum Gasteiger partial charge on any atom is -0.340 e. The van der Waals surface area contributed by atoms with Crippen molar-refractivity contribution in [1.29, 1.82) is 0 Å². The molecule has 3 heterocycles. The fourth-order valence-electron chi connectivity index (χ4n) is 3.01. The summed E-state index contributed by atoms with van der Waals surface area (Å²) in [6.45, 7) is 2.76. The zero-order chi connectivity index (χ0) is 13.7. The van der Waals surface area contributed by atoms with Gasteiger partial charge in [-0.3, -0.25) is 4.99 Å². The molecule has 0 atom stereocenters. The van der Waals surface area contributed by atoms with Gasteiger partial charge in [0.25, 0.3) is 0 Å². The van der Waals surface area contributed by atoms with E-state index in [-0.39, 0.29) is 0 Å². The van der Waals surface area contributed by atoms with Crippen LogP contribution in [-0.2, 0) is 7.05 Å². The molecule has 0 N–H and O–H groups in total. The van der Waals surface area contributed by atoms with Gasteiger partial charge < -0.3 is 14.4 Å². The third-order valence-electron chi connectivity index (χ3n) is 4.00. The van der Waals surface area contributed by atoms with Gasteiger partial charge >= 0.3 is 0 Å². The number of nitrogens with zero attached hydrogens (tertiary/aromatic N) is 5. The van der Waals surface area contributed by atoms with Crippen molar-refractivity contribution < 1.29 is 0 Å². The van der Waals surface area contributed by atoms with Crippen molar-refractivity contribution in [3.05, 3.63) is 36.0 Å². The number of hydrogen-bond donors (Lipinski definition) is 0. The van der Waals surface area contributed by atoms with Crippen LogP contribution in [0.5, 0.6) is 0 Å². The molecule has 1 aromatic carbocycles. The summed E-state index contributed by atoms with van der Waals surface area (Å²) in [5, 5.41) is 0. The van der Waals surface area contributed by atoms with Crippen LogP contribution in [0.3, 0.4) is 0 Å². The molecule has 5 nitrogen and oxygen atoms in total. The molecule has 0 radical (unpaired) electrons. The van der Waals surface area contributed by atoms with Crippen molar-refractivity contribution in [2.24, 2.45) is 12.0 Å². The van der Waals surface area contributed by atoms with E-state index in [1.807, 2.05) is 18.2 Å². The Balaban J connectivity index is 1.92. The Labute approximate surface area is 118 Å². The molecule has 0 saturated carbocycles. The Morgan fingerprint density at radius 2 is 1.90 bits per heavy atom. The predicted molar refractivity (Wildman–Crippen MR) is 80.0 cm³/mol. The normalized spacial score (nSPS) is 17.0. The molecule has 0 spiro atoms. The van der Waals surface area contributed by atoms with Crippen LogP contribution in [0, 0.1) is 0 Å². The maximum atomic E-state index is 4.84. The number of amidine groups is 1. The zero-order valence-electron chi connectivity index (χ0n) is 11.7. The molecule has 0 bridgehead atoms. The van der Waals surface area contributed by atoms with Crippen LogP contribution in [0.25, 0.3) is 11.4 Å². The number of aliphatic imine (C=N–C) groups is 1. The van der Waals surface area contributed by atoms with Crippen molar-refractivity contribution in [3.8, 4) is 11.4 Å². The molecule has 2 aromatic rings. The second kappa shape index (κ2) is 4.10. The third kappa shape index (κ3) is 1.49. The van der Waals surface area contributed by atoms with Gasteiger partial charge in [0.15, 0.2) is 11.7 Å². The Kier molecular flexibility index (Phi) is 2.36. The van der Waals surface area contributed by atoms with Gasteiger partial charge in [0.05, 0.1) is 13.2 Å². The molecule has 0 fully saturated rings. The van der Waals surface area contributed by atoms with Gasteiger partial charge in [0.1, 0.15) is 11.5 Å². The molecule has 102 valence electrons. The Morgan fingerprint density at radius 3 is 2.70 bits per heavy atom. The van der Waals surface area contributed by atoms with Crippen LogP contribution in [0.2, 0.25) is 0 Å². The fourth-order valence-corrected chi connectivity index (χ4v) is 3.01.